The van der Waals surface area contributed by atoms with Crippen LogP contribution < -0.4 is 4.72 Å². The van der Waals surface area contributed by atoms with Gasteiger partial charge in [0.2, 0.25) is 10.0 Å². The standard InChI is InChI=1S/C17H21IN2O4S/c1-20-15-10-14(8-5-12(15)9-16(20)18)25(22,23)19-13-6-3-11(4-7-13)17(21)24-2/h5,8-11,13,19H,3-4,6-7H2,1-2H3/t11-,13-. The van der Waals surface area contributed by atoms with Gasteiger partial charge >= 0.3 is 5.97 Å². The first kappa shape index (κ1) is 18.7. The summed E-state index contributed by atoms with van der Waals surface area (Å²) >= 11 is 2.22. The first-order valence-electron chi connectivity index (χ1n) is 8.17. The number of methoxy groups -OCH3 is 1. The van der Waals surface area contributed by atoms with E-state index in [0.29, 0.717) is 25.7 Å². The molecule has 136 valence electrons. The predicted octanol–water partition coefficient (Wildman–Crippen LogP) is 2.79. The van der Waals surface area contributed by atoms with E-state index in [1.54, 1.807) is 12.1 Å². The molecule has 3 rings (SSSR count). The molecule has 1 aromatic carbocycles. The van der Waals surface area contributed by atoms with Crippen molar-refractivity contribution < 1.29 is 17.9 Å². The van der Waals surface area contributed by atoms with Crippen LogP contribution in [0, 0.1) is 9.62 Å². The molecule has 0 atom stereocenters. The molecule has 1 saturated carbocycles. The molecular formula is C17H21IN2O4S. The van der Waals surface area contributed by atoms with E-state index >= 15 is 0 Å². The highest BCUT2D eigenvalue weighted by Crippen LogP contribution is 2.27. The van der Waals surface area contributed by atoms with Gasteiger partial charge in [-0.05, 0) is 66.5 Å². The zero-order valence-electron chi connectivity index (χ0n) is 14.2. The molecule has 0 amide bonds. The van der Waals surface area contributed by atoms with E-state index in [0.717, 1.165) is 14.6 Å². The molecule has 0 aliphatic heterocycles. The monoisotopic (exact) mass is 476 g/mol. The summed E-state index contributed by atoms with van der Waals surface area (Å²) in [6.07, 6.45) is 2.58. The average Bonchev–Trinajstić information content (AvgIpc) is 2.88. The van der Waals surface area contributed by atoms with Crippen molar-refractivity contribution in [3.05, 3.63) is 28.0 Å². The van der Waals surface area contributed by atoms with Gasteiger partial charge in [0.25, 0.3) is 0 Å². The molecule has 0 radical (unpaired) electrons. The lowest BCUT2D eigenvalue weighted by Gasteiger charge is -2.27. The molecule has 6 nitrogen and oxygen atoms in total. The minimum absolute atomic E-state index is 0.118. The Morgan fingerprint density at radius 2 is 1.92 bits per heavy atom. The van der Waals surface area contributed by atoms with Gasteiger partial charge in [0.05, 0.1) is 21.6 Å². The van der Waals surface area contributed by atoms with Crippen LogP contribution in [0.5, 0.6) is 0 Å². The third kappa shape index (κ3) is 3.85. The molecule has 0 unspecified atom stereocenters. The van der Waals surface area contributed by atoms with E-state index in [9.17, 15) is 13.2 Å². The van der Waals surface area contributed by atoms with Crippen LogP contribution in [0.3, 0.4) is 0 Å². The molecule has 1 N–H and O–H groups in total. The largest absolute Gasteiger partial charge is 0.469 e. The number of rotatable bonds is 4. The van der Waals surface area contributed by atoms with E-state index < -0.39 is 10.0 Å². The fraction of sp³-hybridized carbons (Fsp3) is 0.471. The van der Waals surface area contributed by atoms with Crippen molar-refractivity contribution in [3.63, 3.8) is 0 Å². The predicted molar refractivity (Wildman–Crippen MR) is 104 cm³/mol. The SMILES string of the molecule is COC(=O)[C@H]1CC[C@H](NS(=O)(=O)c2ccc3cc(I)n(C)c3c2)CC1. The number of carbonyl (C=O) groups excluding carboxylic acids is 1. The number of carbonyl (C=O) groups is 1. The van der Waals surface area contributed by atoms with Gasteiger partial charge in [-0.25, -0.2) is 13.1 Å². The third-order valence-corrected chi connectivity index (χ3v) is 7.41. The highest BCUT2D eigenvalue weighted by molar-refractivity contribution is 14.1. The number of aromatic nitrogens is 1. The number of benzene rings is 1. The zero-order valence-corrected chi connectivity index (χ0v) is 17.1. The smallest absolute Gasteiger partial charge is 0.308 e. The van der Waals surface area contributed by atoms with Crippen molar-refractivity contribution in [2.24, 2.45) is 13.0 Å². The van der Waals surface area contributed by atoms with Gasteiger partial charge in [0.15, 0.2) is 0 Å². The Kier molecular flexibility index (Phi) is 5.40. The van der Waals surface area contributed by atoms with Gasteiger partial charge < -0.3 is 9.30 Å². The van der Waals surface area contributed by atoms with Gasteiger partial charge in [-0.3, -0.25) is 4.79 Å². The Hall–Kier alpha value is -1.13. The Bertz CT molecular complexity index is 899. The van der Waals surface area contributed by atoms with Crippen LogP contribution in [0.25, 0.3) is 10.9 Å². The number of sulfonamides is 1. The maximum Gasteiger partial charge on any atom is 0.308 e. The summed E-state index contributed by atoms with van der Waals surface area (Å²) in [5, 5.41) is 1.02. The first-order chi connectivity index (χ1) is 11.8. The second kappa shape index (κ2) is 7.24. The minimum Gasteiger partial charge on any atom is -0.469 e. The number of hydrogen-bond acceptors (Lipinski definition) is 4. The highest BCUT2D eigenvalue weighted by Gasteiger charge is 2.29. The quantitative estimate of drug-likeness (QED) is 0.544. The van der Waals surface area contributed by atoms with E-state index in [4.69, 9.17) is 4.74 Å². The van der Waals surface area contributed by atoms with Crippen LogP contribution >= 0.6 is 22.6 Å². The van der Waals surface area contributed by atoms with Crippen molar-refractivity contribution in [2.75, 3.05) is 7.11 Å². The maximum absolute atomic E-state index is 12.7. The van der Waals surface area contributed by atoms with Gasteiger partial charge in [-0.1, -0.05) is 6.07 Å². The molecule has 0 saturated heterocycles. The summed E-state index contributed by atoms with van der Waals surface area (Å²) in [6, 6.07) is 7.06. The second-order valence-corrected chi connectivity index (χ2v) is 9.26. The lowest BCUT2D eigenvalue weighted by atomic mass is 9.86. The fourth-order valence-corrected chi connectivity index (χ4v) is 5.26. The van der Waals surface area contributed by atoms with Crippen molar-refractivity contribution in [3.8, 4) is 0 Å². The van der Waals surface area contributed by atoms with Crippen LogP contribution in [0.2, 0.25) is 0 Å². The number of nitrogens with zero attached hydrogens (tertiary/aromatic N) is 1. The Morgan fingerprint density at radius 3 is 2.56 bits per heavy atom. The molecule has 1 fully saturated rings. The molecule has 1 heterocycles. The van der Waals surface area contributed by atoms with Gasteiger partial charge in [-0.15, -0.1) is 0 Å². The highest BCUT2D eigenvalue weighted by atomic mass is 127. The van der Waals surface area contributed by atoms with Crippen LogP contribution in [0.4, 0.5) is 0 Å². The molecule has 1 aromatic heterocycles. The van der Waals surface area contributed by atoms with Gasteiger partial charge in [0, 0.05) is 24.0 Å². The molecule has 2 aromatic rings. The summed E-state index contributed by atoms with van der Waals surface area (Å²) in [5.41, 5.74) is 0.890. The number of ether oxygens (including phenoxy) is 1. The Labute approximate surface area is 161 Å². The zero-order chi connectivity index (χ0) is 18.2. The summed E-state index contributed by atoms with van der Waals surface area (Å²) in [7, 11) is -0.279. The Balaban J connectivity index is 1.74. The normalized spacial score (nSPS) is 21.4. The molecular weight excluding hydrogens is 455 g/mol. The van der Waals surface area contributed by atoms with Crippen molar-refractivity contribution >= 4 is 49.5 Å². The van der Waals surface area contributed by atoms with Gasteiger partial charge in [0.1, 0.15) is 0 Å². The lowest BCUT2D eigenvalue weighted by Crippen LogP contribution is -2.38. The van der Waals surface area contributed by atoms with E-state index in [1.165, 1.54) is 7.11 Å². The second-order valence-electron chi connectivity index (χ2n) is 6.44. The summed E-state index contributed by atoms with van der Waals surface area (Å²) < 4.78 is 36.0. The van der Waals surface area contributed by atoms with Crippen LogP contribution in [-0.4, -0.2) is 32.1 Å². The number of fused-ring (bicyclic) bond motifs is 1. The third-order valence-electron chi connectivity index (χ3n) is 4.85. The minimum atomic E-state index is -3.58. The summed E-state index contributed by atoms with van der Waals surface area (Å²) in [6.45, 7) is 0. The van der Waals surface area contributed by atoms with Gasteiger partial charge in [-0.2, -0.15) is 0 Å². The molecule has 0 spiro atoms. The van der Waals surface area contributed by atoms with Crippen LogP contribution in [-0.2, 0) is 26.6 Å². The van der Waals surface area contributed by atoms with Crippen molar-refractivity contribution in [2.45, 2.75) is 36.6 Å². The molecule has 1 aliphatic carbocycles. The number of aryl methyl sites for hydroxylation is 1. The molecule has 25 heavy (non-hydrogen) atoms. The van der Waals surface area contributed by atoms with Crippen molar-refractivity contribution in [1.29, 1.82) is 0 Å². The van der Waals surface area contributed by atoms with Crippen LogP contribution in [0.1, 0.15) is 25.7 Å². The van der Waals surface area contributed by atoms with E-state index in [-0.39, 0.29) is 22.8 Å². The maximum atomic E-state index is 12.7. The number of hydrogen-bond donors (Lipinski definition) is 1. The number of esters is 1. The summed E-state index contributed by atoms with van der Waals surface area (Å²) in [5.74, 6) is -0.322. The van der Waals surface area contributed by atoms with Crippen LogP contribution in [0.15, 0.2) is 29.2 Å². The Morgan fingerprint density at radius 1 is 1.24 bits per heavy atom. The average molecular weight is 476 g/mol. The van der Waals surface area contributed by atoms with Crippen molar-refractivity contribution in [1.82, 2.24) is 9.29 Å². The summed E-state index contributed by atoms with van der Waals surface area (Å²) in [4.78, 5) is 11.8. The number of halogens is 1. The lowest BCUT2D eigenvalue weighted by molar-refractivity contribution is -0.146. The van der Waals surface area contributed by atoms with E-state index in [1.807, 2.05) is 23.7 Å². The molecule has 8 heteroatoms. The molecule has 0 bridgehead atoms. The molecule has 1 aliphatic rings. The first-order valence-corrected chi connectivity index (χ1v) is 10.7. The topological polar surface area (TPSA) is 77.4 Å². The number of nitrogens with one attached hydrogen (secondary N) is 1. The van der Waals surface area contributed by atoms with E-state index in [2.05, 4.69) is 27.3 Å². The fourth-order valence-electron chi connectivity index (χ4n) is 3.34.